The minimum atomic E-state index is -4.17. The molecule has 2 aromatic rings. The van der Waals surface area contributed by atoms with Crippen LogP contribution in [0.5, 0.6) is 11.5 Å². The van der Waals surface area contributed by atoms with E-state index < -0.39 is 20.9 Å². The van der Waals surface area contributed by atoms with Crippen molar-refractivity contribution in [1.29, 1.82) is 0 Å². The number of nitrogens with one attached hydrogen (secondary N) is 1. The quantitative estimate of drug-likeness (QED) is 0.413. The number of ether oxygens (including phenoxy) is 1. The van der Waals surface area contributed by atoms with Crippen LogP contribution in [0.2, 0.25) is 0 Å². The van der Waals surface area contributed by atoms with Gasteiger partial charge in [-0.1, -0.05) is 6.07 Å². The van der Waals surface area contributed by atoms with Crippen LogP contribution in [0, 0.1) is 10.1 Å². The molecule has 0 atom stereocenters. The number of aromatic hydroxyl groups is 1. The first kappa shape index (κ1) is 20.4. The molecule has 1 fully saturated rings. The van der Waals surface area contributed by atoms with Gasteiger partial charge in [0.05, 0.1) is 21.8 Å². The summed E-state index contributed by atoms with van der Waals surface area (Å²) in [6.45, 7) is 0. The lowest BCUT2D eigenvalue weighted by Crippen LogP contribution is -2.20. The van der Waals surface area contributed by atoms with Crippen LogP contribution in [0.25, 0.3) is 6.08 Å². The van der Waals surface area contributed by atoms with Crippen molar-refractivity contribution in [2.24, 2.45) is 4.40 Å². The SMILES string of the molecule is COc1cc(/C=C2/SC(=NS(=O)(=O)c3ccc([N+](=O)[O-])cc3)NC2=O)ccc1O. The Labute approximate surface area is 169 Å². The van der Waals surface area contributed by atoms with E-state index >= 15 is 0 Å². The highest BCUT2D eigenvalue weighted by Gasteiger charge is 2.27. The number of amides is 1. The number of carbonyl (C=O) groups is 1. The van der Waals surface area contributed by atoms with Crippen LogP contribution in [0.15, 0.2) is 56.7 Å². The number of phenolic OH excluding ortho intramolecular Hbond substituents is 1. The Bertz CT molecular complexity index is 1160. The lowest BCUT2D eigenvalue weighted by molar-refractivity contribution is -0.384. The standard InChI is InChI=1S/C17H13N3O7S2/c1-27-14-8-10(2-7-13(14)21)9-15-16(22)18-17(28-15)19-29(25,26)12-5-3-11(4-6-12)20(23)24/h2-9,21H,1H3,(H,18,19,22)/b15-9+. The van der Waals surface area contributed by atoms with E-state index in [0.29, 0.717) is 5.56 Å². The number of hydrogen-bond acceptors (Lipinski definition) is 8. The first-order valence-corrected chi connectivity index (χ1v) is 10.1. The van der Waals surface area contributed by atoms with Crippen molar-refractivity contribution in [3.05, 3.63) is 63.0 Å². The summed E-state index contributed by atoms with van der Waals surface area (Å²) >= 11 is 0.821. The molecule has 1 heterocycles. The fraction of sp³-hybridized carbons (Fsp3) is 0.0588. The van der Waals surface area contributed by atoms with Crippen molar-refractivity contribution in [2.45, 2.75) is 4.90 Å². The van der Waals surface area contributed by atoms with E-state index in [1.807, 2.05) is 0 Å². The molecule has 0 aromatic heterocycles. The maximum Gasteiger partial charge on any atom is 0.284 e. The maximum absolute atomic E-state index is 12.4. The van der Waals surface area contributed by atoms with E-state index in [2.05, 4.69) is 9.71 Å². The number of nitrogens with zero attached hydrogens (tertiary/aromatic N) is 2. The number of non-ortho nitro benzene ring substituents is 1. The number of benzene rings is 2. The number of amidine groups is 1. The zero-order valence-corrected chi connectivity index (χ0v) is 16.4. The number of methoxy groups -OCH3 is 1. The largest absolute Gasteiger partial charge is 0.504 e. The molecule has 0 saturated carbocycles. The number of nitro benzene ring substituents is 1. The van der Waals surface area contributed by atoms with Crippen molar-refractivity contribution < 1.29 is 28.0 Å². The summed E-state index contributed by atoms with van der Waals surface area (Å²) in [5.41, 5.74) is 0.298. The van der Waals surface area contributed by atoms with E-state index in [1.54, 1.807) is 6.07 Å². The molecule has 29 heavy (non-hydrogen) atoms. The number of sulfonamides is 1. The van der Waals surface area contributed by atoms with Crippen LogP contribution in [0.1, 0.15) is 5.56 Å². The zero-order chi connectivity index (χ0) is 21.2. The molecule has 0 aliphatic carbocycles. The Morgan fingerprint density at radius 1 is 1.24 bits per heavy atom. The van der Waals surface area contributed by atoms with E-state index in [1.165, 1.54) is 25.3 Å². The number of hydrogen-bond donors (Lipinski definition) is 2. The average Bonchev–Trinajstić information content (AvgIpc) is 3.01. The van der Waals surface area contributed by atoms with Gasteiger partial charge in [-0.2, -0.15) is 8.42 Å². The monoisotopic (exact) mass is 435 g/mol. The molecular weight excluding hydrogens is 422 g/mol. The van der Waals surface area contributed by atoms with Crippen LogP contribution >= 0.6 is 11.8 Å². The van der Waals surface area contributed by atoms with Crippen LogP contribution < -0.4 is 10.1 Å². The highest BCUT2D eigenvalue weighted by molar-refractivity contribution is 8.19. The van der Waals surface area contributed by atoms with Crippen molar-refractivity contribution >= 4 is 44.6 Å². The molecule has 150 valence electrons. The Kier molecular flexibility index (Phi) is 5.57. The number of thioether (sulfide) groups is 1. The molecule has 2 aromatic carbocycles. The molecule has 10 nitrogen and oxygen atoms in total. The second-order valence-corrected chi connectivity index (χ2v) is 8.25. The predicted molar refractivity (Wildman–Crippen MR) is 106 cm³/mol. The van der Waals surface area contributed by atoms with Gasteiger partial charge in [0.25, 0.3) is 21.6 Å². The maximum atomic E-state index is 12.4. The molecule has 0 unspecified atom stereocenters. The summed E-state index contributed by atoms with van der Waals surface area (Å²) in [6.07, 6.45) is 1.49. The van der Waals surface area contributed by atoms with Gasteiger partial charge in [-0.3, -0.25) is 20.2 Å². The van der Waals surface area contributed by atoms with Crippen molar-refractivity contribution in [1.82, 2.24) is 5.32 Å². The van der Waals surface area contributed by atoms with Crippen molar-refractivity contribution in [2.75, 3.05) is 7.11 Å². The number of carbonyl (C=O) groups excluding carboxylic acids is 1. The fourth-order valence-corrected chi connectivity index (χ4v) is 4.29. The molecule has 1 amide bonds. The van der Waals surface area contributed by atoms with Gasteiger partial charge in [0.1, 0.15) is 0 Å². The summed E-state index contributed by atoms with van der Waals surface area (Å²) in [4.78, 5) is 22.1. The molecule has 12 heteroatoms. The third-order valence-electron chi connectivity index (χ3n) is 3.70. The molecule has 1 saturated heterocycles. The first-order chi connectivity index (χ1) is 13.7. The Morgan fingerprint density at radius 3 is 2.55 bits per heavy atom. The smallest absolute Gasteiger partial charge is 0.284 e. The van der Waals surface area contributed by atoms with Gasteiger partial charge in [0.15, 0.2) is 16.7 Å². The van der Waals surface area contributed by atoms with E-state index in [4.69, 9.17) is 4.74 Å². The summed E-state index contributed by atoms with van der Waals surface area (Å²) in [5.74, 6) is -0.383. The average molecular weight is 435 g/mol. The van der Waals surface area contributed by atoms with Gasteiger partial charge in [-0.15, -0.1) is 4.40 Å². The van der Waals surface area contributed by atoms with Crippen LogP contribution in [0.4, 0.5) is 5.69 Å². The van der Waals surface area contributed by atoms with Crippen molar-refractivity contribution in [3.8, 4) is 11.5 Å². The second kappa shape index (κ2) is 7.93. The summed E-state index contributed by atoms with van der Waals surface area (Å²) in [7, 11) is -2.79. The van der Waals surface area contributed by atoms with E-state index in [-0.39, 0.29) is 32.2 Å². The van der Waals surface area contributed by atoms with E-state index in [9.17, 15) is 28.4 Å². The molecule has 1 aliphatic heterocycles. The number of nitro groups is 1. The van der Waals surface area contributed by atoms with Gasteiger partial charge in [-0.25, -0.2) is 0 Å². The lowest BCUT2D eigenvalue weighted by atomic mass is 10.2. The van der Waals surface area contributed by atoms with Gasteiger partial charge in [0.2, 0.25) is 0 Å². The van der Waals surface area contributed by atoms with Gasteiger partial charge in [-0.05, 0) is 47.7 Å². The highest BCUT2D eigenvalue weighted by atomic mass is 32.2. The van der Waals surface area contributed by atoms with E-state index in [0.717, 1.165) is 36.0 Å². The zero-order valence-electron chi connectivity index (χ0n) is 14.7. The van der Waals surface area contributed by atoms with Crippen LogP contribution in [-0.4, -0.2) is 36.6 Å². The van der Waals surface area contributed by atoms with Gasteiger partial charge in [0, 0.05) is 12.1 Å². The third-order valence-corrected chi connectivity index (χ3v) is 6.02. The first-order valence-electron chi connectivity index (χ1n) is 7.87. The number of rotatable bonds is 5. The number of phenols is 1. The highest BCUT2D eigenvalue weighted by Crippen LogP contribution is 2.31. The Hall–Kier alpha value is -3.38. The predicted octanol–water partition coefficient (Wildman–Crippen LogP) is 2.26. The molecule has 0 spiro atoms. The molecule has 0 bridgehead atoms. The third kappa shape index (κ3) is 4.55. The molecule has 2 N–H and O–H groups in total. The lowest BCUT2D eigenvalue weighted by Gasteiger charge is -2.03. The fourth-order valence-electron chi connectivity index (χ4n) is 2.31. The van der Waals surface area contributed by atoms with Crippen LogP contribution in [-0.2, 0) is 14.8 Å². The van der Waals surface area contributed by atoms with Crippen LogP contribution in [0.3, 0.4) is 0 Å². The summed E-state index contributed by atoms with van der Waals surface area (Å²) in [5, 5.41) is 22.5. The summed E-state index contributed by atoms with van der Waals surface area (Å²) < 4.78 is 33.3. The minimum Gasteiger partial charge on any atom is -0.504 e. The summed E-state index contributed by atoms with van der Waals surface area (Å²) in [6, 6.07) is 8.71. The molecule has 1 aliphatic rings. The Balaban J connectivity index is 1.85. The Morgan fingerprint density at radius 2 is 1.93 bits per heavy atom. The van der Waals surface area contributed by atoms with Crippen molar-refractivity contribution in [3.63, 3.8) is 0 Å². The van der Waals surface area contributed by atoms with Gasteiger partial charge >= 0.3 is 0 Å². The molecule has 0 radical (unpaired) electrons. The molecular formula is C17H13N3O7S2. The van der Waals surface area contributed by atoms with Gasteiger partial charge < -0.3 is 9.84 Å². The minimum absolute atomic E-state index is 0.0605. The normalized spacial score (nSPS) is 16.8. The topological polar surface area (TPSA) is 148 Å². The molecule has 3 rings (SSSR count). The second-order valence-electron chi connectivity index (χ2n) is 5.62.